The standard InChI is InChI=1S/C11H22N2/c12-9-11(5-2-1-3-6-11)10-13-7-4-8-13/h1-10,12H2. The van der Waals surface area contributed by atoms with Gasteiger partial charge in [-0.2, -0.15) is 0 Å². The van der Waals surface area contributed by atoms with Gasteiger partial charge in [-0.15, -0.1) is 0 Å². The quantitative estimate of drug-likeness (QED) is 0.718. The summed E-state index contributed by atoms with van der Waals surface area (Å²) >= 11 is 0. The lowest BCUT2D eigenvalue weighted by Gasteiger charge is -2.43. The SMILES string of the molecule is NCC1(CN2CCC2)CCCCC1. The minimum absolute atomic E-state index is 0.499. The number of nitrogens with zero attached hydrogens (tertiary/aromatic N) is 1. The highest BCUT2D eigenvalue weighted by Crippen LogP contribution is 2.36. The molecule has 0 spiro atoms. The number of likely N-dealkylation sites (tertiary alicyclic amines) is 1. The van der Waals surface area contributed by atoms with Crippen LogP contribution in [0.5, 0.6) is 0 Å². The fourth-order valence-electron chi connectivity index (χ4n) is 2.74. The zero-order valence-electron chi connectivity index (χ0n) is 8.60. The normalized spacial score (nSPS) is 28.4. The van der Waals surface area contributed by atoms with E-state index in [2.05, 4.69) is 4.90 Å². The Hall–Kier alpha value is -0.0800. The number of rotatable bonds is 3. The summed E-state index contributed by atoms with van der Waals surface area (Å²) in [4.78, 5) is 2.58. The van der Waals surface area contributed by atoms with E-state index in [1.165, 1.54) is 58.2 Å². The van der Waals surface area contributed by atoms with Crippen LogP contribution in [0.1, 0.15) is 38.5 Å². The van der Waals surface area contributed by atoms with Crippen molar-refractivity contribution in [2.24, 2.45) is 11.1 Å². The molecule has 1 aliphatic heterocycles. The molecule has 2 nitrogen and oxygen atoms in total. The highest BCUT2D eigenvalue weighted by molar-refractivity contribution is 4.88. The van der Waals surface area contributed by atoms with Gasteiger partial charge in [0, 0.05) is 6.54 Å². The maximum absolute atomic E-state index is 5.94. The molecule has 2 N–H and O–H groups in total. The number of hydrogen-bond donors (Lipinski definition) is 1. The molecular formula is C11H22N2. The minimum Gasteiger partial charge on any atom is -0.330 e. The van der Waals surface area contributed by atoms with Crippen molar-refractivity contribution >= 4 is 0 Å². The van der Waals surface area contributed by atoms with Crippen LogP contribution in [0.4, 0.5) is 0 Å². The summed E-state index contributed by atoms with van der Waals surface area (Å²) in [5.41, 5.74) is 6.44. The molecule has 2 aliphatic rings. The third-order valence-electron chi connectivity index (χ3n) is 3.85. The molecule has 0 bridgehead atoms. The maximum Gasteiger partial charge on any atom is 0.00501 e. The van der Waals surface area contributed by atoms with Crippen LogP contribution in [-0.4, -0.2) is 31.1 Å². The molecule has 0 aromatic rings. The second-order valence-electron chi connectivity index (χ2n) is 4.89. The molecule has 0 aromatic carbocycles. The minimum atomic E-state index is 0.499. The Morgan fingerprint density at radius 2 is 1.69 bits per heavy atom. The second-order valence-corrected chi connectivity index (χ2v) is 4.89. The first-order valence-corrected chi connectivity index (χ1v) is 5.77. The summed E-state index contributed by atoms with van der Waals surface area (Å²) in [6.45, 7) is 4.83. The third kappa shape index (κ3) is 2.05. The predicted molar refractivity (Wildman–Crippen MR) is 55.6 cm³/mol. The Morgan fingerprint density at radius 1 is 1.00 bits per heavy atom. The Labute approximate surface area is 81.5 Å². The summed E-state index contributed by atoms with van der Waals surface area (Å²) in [7, 11) is 0. The maximum atomic E-state index is 5.94. The van der Waals surface area contributed by atoms with E-state index in [9.17, 15) is 0 Å². The molecule has 2 heteroatoms. The molecule has 0 atom stereocenters. The lowest BCUT2D eigenvalue weighted by atomic mass is 9.73. The summed E-state index contributed by atoms with van der Waals surface area (Å²) in [6, 6.07) is 0. The van der Waals surface area contributed by atoms with Gasteiger partial charge >= 0.3 is 0 Å². The Morgan fingerprint density at radius 3 is 2.15 bits per heavy atom. The summed E-state index contributed by atoms with van der Waals surface area (Å²) in [6.07, 6.45) is 8.40. The molecule has 2 fully saturated rings. The molecule has 1 aliphatic carbocycles. The van der Waals surface area contributed by atoms with Crippen molar-refractivity contribution in [1.82, 2.24) is 4.90 Å². The van der Waals surface area contributed by atoms with Crippen molar-refractivity contribution in [3.8, 4) is 0 Å². The molecule has 0 radical (unpaired) electrons. The van der Waals surface area contributed by atoms with E-state index in [1.807, 2.05) is 0 Å². The first kappa shape index (κ1) is 9.47. The van der Waals surface area contributed by atoms with Crippen molar-refractivity contribution in [1.29, 1.82) is 0 Å². The zero-order chi connectivity index (χ0) is 9.15. The molecule has 2 rings (SSSR count). The molecule has 0 amide bonds. The molecule has 13 heavy (non-hydrogen) atoms. The molecule has 0 unspecified atom stereocenters. The average Bonchev–Trinajstić information content (AvgIpc) is 2.13. The van der Waals surface area contributed by atoms with Gasteiger partial charge in [0.25, 0.3) is 0 Å². The van der Waals surface area contributed by atoms with Gasteiger partial charge in [-0.3, -0.25) is 0 Å². The monoisotopic (exact) mass is 182 g/mol. The van der Waals surface area contributed by atoms with Gasteiger partial charge in [0.05, 0.1) is 0 Å². The van der Waals surface area contributed by atoms with Crippen LogP contribution in [0.3, 0.4) is 0 Å². The Balaban J connectivity index is 1.88. The van der Waals surface area contributed by atoms with Crippen LogP contribution in [-0.2, 0) is 0 Å². The van der Waals surface area contributed by atoms with E-state index in [-0.39, 0.29) is 0 Å². The van der Waals surface area contributed by atoms with Gasteiger partial charge in [-0.1, -0.05) is 19.3 Å². The van der Waals surface area contributed by atoms with E-state index in [1.54, 1.807) is 0 Å². The largest absolute Gasteiger partial charge is 0.330 e. The number of nitrogens with two attached hydrogens (primary N) is 1. The Bertz CT molecular complexity index is 157. The zero-order valence-corrected chi connectivity index (χ0v) is 8.60. The van der Waals surface area contributed by atoms with Gasteiger partial charge < -0.3 is 10.6 Å². The summed E-state index contributed by atoms with van der Waals surface area (Å²) in [5.74, 6) is 0. The van der Waals surface area contributed by atoms with Crippen LogP contribution in [0, 0.1) is 5.41 Å². The fraction of sp³-hybridized carbons (Fsp3) is 1.00. The molecular weight excluding hydrogens is 160 g/mol. The molecule has 1 heterocycles. The topological polar surface area (TPSA) is 29.3 Å². The van der Waals surface area contributed by atoms with Gasteiger partial charge in [0.1, 0.15) is 0 Å². The van der Waals surface area contributed by atoms with E-state index in [0.29, 0.717) is 5.41 Å². The van der Waals surface area contributed by atoms with E-state index in [4.69, 9.17) is 5.73 Å². The van der Waals surface area contributed by atoms with Crippen molar-refractivity contribution in [3.63, 3.8) is 0 Å². The Kier molecular flexibility index (Phi) is 2.89. The first-order chi connectivity index (χ1) is 6.35. The van der Waals surface area contributed by atoms with Crippen molar-refractivity contribution < 1.29 is 0 Å². The lowest BCUT2D eigenvalue weighted by Crippen LogP contribution is -2.48. The first-order valence-electron chi connectivity index (χ1n) is 5.77. The van der Waals surface area contributed by atoms with Crippen LogP contribution >= 0.6 is 0 Å². The molecule has 1 saturated heterocycles. The van der Waals surface area contributed by atoms with Crippen LogP contribution < -0.4 is 5.73 Å². The van der Waals surface area contributed by atoms with E-state index >= 15 is 0 Å². The molecule has 0 aromatic heterocycles. The highest BCUT2D eigenvalue weighted by atomic mass is 15.2. The van der Waals surface area contributed by atoms with Crippen LogP contribution in [0.2, 0.25) is 0 Å². The second kappa shape index (κ2) is 3.97. The third-order valence-corrected chi connectivity index (χ3v) is 3.85. The van der Waals surface area contributed by atoms with Gasteiger partial charge in [-0.25, -0.2) is 0 Å². The molecule has 76 valence electrons. The number of hydrogen-bond acceptors (Lipinski definition) is 2. The average molecular weight is 182 g/mol. The van der Waals surface area contributed by atoms with E-state index in [0.717, 1.165) is 6.54 Å². The lowest BCUT2D eigenvalue weighted by molar-refractivity contribution is 0.0724. The smallest absolute Gasteiger partial charge is 0.00501 e. The summed E-state index contributed by atoms with van der Waals surface area (Å²) < 4.78 is 0. The predicted octanol–water partition coefficient (Wildman–Crippen LogP) is 1.60. The summed E-state index contributed by atoms with van der Waals surface area (Å²) in [5, 5.41) is 0. The highest BCUT2D eigenvalue weighted by Gasteiger charge is 2.33. The van der Waals surface area contributed by atoms with Crippen molar-refractivity contribution in [3.05, 3.63) is 0 Å². The van der Waals surface area contributed by atoms with Crippen LogP contribution in [0.25, 0.3) is 0 Å². The van der Waals surface area contributed by atoms with Gasteiger partial charge in [0.2, 0.25) is 0 Å². The fourth-order valence-corrected chi connectivity index (χ4v) is 2.74. The van der Waals surface area contributed by atoms with Crippen molar-refractivity contribution in [2.45, 2.75) is 38.5 Å². The van der Waals surface area contributed by atoms with Gasteiger partial charge in [-0.05, 0) is 44.3 Å². The molecule has 1 saturated carbocycles. The van der Waals surface area contributed by atoms with E-state index < -0.39 is 0 Å². The van der Waals surface area contributed by atoms with Crippen molar-refractivity contribution in [2.75, 3.05) is 26.2 Å². The van der Waals surface area contributed by atoms with Gasteiger partial charge in [0.15, 0.2) is 0 Å². The van der Waals surface area contributed by atoms with Crippen LogP contribution in [0.15, 0.2) is 0 Å².